The van der Waals surface area contributed by atoms with Crippen LogP contribution < -0.4 is 4.72 Å². The summed E-state index contributed by atoms with van der Waals surface area (Å²) in [5.41, 5.74) is 1.17. The van der Waals surface area contributed by atoms with Crippen molar-refractivity contribution in [2.45, 2.75) is 44.6 Å². The quantitative estimate of drug-likeness (QED) is 0.826. The molecule has 1 amide bonds. The molecule has 1 saturated heterocycles. The third kappa shape index (κ3) is 6.31. The molecule has 6 heteroatoms. The SMILES string of the molecule is CS(=O)(=O)NCCC1CCCCN1C(=O)CCc1ccccc1. The van der Waals surface area contributed by atoms with Crippen LogP contribution in [0.4, 0.5) is 0 Å². The zero-order valence-corrected chi connectivity index (χ0v) is 14.5. The maximum Gasteiger partial charge on any atom is 0.223 e. The number of likely N-dealkylation sites (tertiary alicyclic amines) is 1. The molecule has 0 aromatic heterocycles. The topological polar surface area (TPSA) is 66.5 Å². The van der Waals surface area contributed by atoms with Gasteiger partial charge in [-0.15, -0.1) is 0 Å². The molecule has 0 saturated carbocycles. The lowest BCUT2D eigenvalue weighted by molar-refractivity contribution is -0.134. The Balaban J connectivity index is 1.85. The Morgan fingerprint density at radius 3 is 2.70 bits per heavy atom. The van der Waals surface area contributed by atoms with E-state index in [4.69, 9.17) is 0 Å². The lowest BCUT2D eigenvalue weighted by atomic mass is 9.98. The Morgan fingerprint density at radius 1 is 1.26 bits per heavy atom. The number of sulfonamides is 1. The minimum atomic E-state index is -3.16. The third-order valence-corrected chi connectivity index (χ3v) is 4.99. The lowest BCUT2D eigenvalue weighted by Crippen LogP contribution is -2.45. The van der Waals surface area contributed by atoms with Crippen molar-refractivity contribution in [3.05, 3.63) is 35.9 Å². The van der Waals surface area contributed by atoms with Crippen LogP contribution in [0.5, 0.6) is 0 Å². The van der Waals surface area contributed by atoms with Crippen LogP contribution in [0.15, 0.2) is 30.3 Å². The second-order valence-corrected chi connectivity index (χ2v) is 8.01. The first-order valence-electron chi connectivity index (χ1n) is 8.24. The van der Waals surface area contributed by atoms with Gasteiger partial charge in [0.15, 0.2) is 0 Å². The predicted octanol–water partition coefficient (Wildman–Crippen LogP) is 1.94. The van der Waals surface area contributed by atoms with Gasteiger partial charge in [-0.05, 0) is 37.7 Å². The van der Waals surface area contributed by atoms with Gasteiger partial charge in [0.2, 0.25) is 15.9 Å². The molecule has 1 atom stereocenters. The number of carbonyl (C=O) groups is 1. The molecule has 5 nitrogen and oxygen atoms in total. The normalized spacial score (nSPS) is 18.8. The van der Waals surface area contributed by atoms with E-state index in [1.165, 1.54) is 5.56 Å². The van der Waals surface area contributed by atoms with E-state index in [2.05, 4.69) is 4.72 Å². The first-order valence-corrected chi connectivity index (χ1v) is 10.1. The summed E-state index contributed by atoms with van der Waals surface area (Å²) in [4.78, 5) is 14.5. The van der Waals surface area contributed by atoms with Gasteiger partial charge in [-0.1, -0.05) is 30.3 Å². The van der Waals surface area contributed by atoms with E-state index in [1.807, 2.05) is 35.2 Å². The summed E-state index contributed by atoms with van der Waals surface area (Å²) in [6, 6.07) is 10.2. The van der Waals surface area contributed by atoms with Crippen molar-refractivity contribution in [2.24, 2.45) is 0 Å². The van der Waals surface area contributed by atoms with Gasteiger partial charge < -0.3 is 4.90 Å². The molecule has 1 fully saturated rings. The monoisotopic (exact) mass is 338 g/mol. The fourth-order valence-electron chi connectivity index (χ4n) is 3.08. The Morgan fingerprint density at radius 2 is 2.00 bits per heavy atom. The summed E-state index contributed by atoms with van der Waals surface area (Å²) >= 11 is 0. The van der Waals surface area contributed by atoms with Crippen molar-refractivity contribution in [3.8, 4) is 0 Å². The number of aryl methyl sites for hydroxylation is 1. The average Bonchev–Trinajstić information content (AvgIpc) is 2.53. The highest BCUT2D eigenvalue weighted by atomic mass is 32.2. The maximum absolute atomic E-state index is 12.5. The second-order valence-electron chi connectivity index (χ2n) is 6.18. The van der Waals surface area contributed by atoms with Gasteiger partial charge in [0.25, 0.3) is 0 Å². The van der Waals surface area contributed by atoms with E-state index in [0.29, 0.717) is 19.4 Å². The maximum atomic E-state index is 12.5. The molecular weight excluding hydrogens is 312 g/mol. The van der Waals surface area contributed by atoms with Crippen molar-refractivity contribution >= 4 is 15.9 Å². The molecule has 128 valence electrons. The van der Waals surface area contributed by atoms with Crippen molar-refractivity contribution in [3.63, 3.8) is 0 Å². The van der Waals surface area contributed by atoms with Gasteiger partial charge in [0.1, 0.15) is 0 Å². The molecule has 0 radical (unpaired) electrons. The van der Waals surface area contributed by atoms with E-state index in [9.17, 15) is 13.2 Å². The van der Waals surface area contributed by atoms with Gasteiger partial charge in [0, 0.05) is 25.6 Å². The van der Waals surface area contributed by atoms with E-state index < -0.39 is 10.0 Å². The van der Waals surface area contributed by atoms with Crippen LogP contribution in [0.25, 0.3) is 0 Å². The number of hydrogen-bond acceptors (Lipinski definition) is 3. The minimum absolute atomic E-state index is 0.154. The van der Waals surface area contributed by atoms with Crippen LogP contribution in [0, 0.1) is 0 Å². The highest BCUT2D eigenvalue weighted by molar-refractivity contribution is 7.88. The summed E-state index contributed by atoms with van der Waals surface area (Å²) in [6.45, 7) is 1.18. The first kappa shape index (κ1) is 17.9. The first-order chi connectivity index (χ1) is 11.0. The number of hydrogen-bond donors (Lipinski definition) is 1. The predicted molar refractivity (Wildman–Crippen MR) is 91.6 cm³/mol. The number of carbonyl (C=O) groups excluding carboxylic acids is 1. The largest absolute Gasteiger partial charge is 0.340 e. The van der Waals surface area contributed by atoms with E-state index in [1.54, 1.807) is 0 Å². The van der Waals surface area contributed by atoms with Crippen LogP contribution in [0.1, 0.15) is 37.7 Å². The molecule has 1 aromatic carbocycles. The molecule has 1 heterocycles. The molecule has 1 aliphatic heterocycles. The summed E-state index contributed by atoms with van der Waals surface area (Å²) in [6.07, 6.45) is 6.22. The molecule has 0 aliphatic carbocycles. The molecule has 1 unspecified atom stereocenters. The smallest absolute Gasteiger partial charge is 0.223 e. The van der Waals surface area contributed by atoms with Crippen LogP contribution in [-0.2, 0) is 21.2 Å². The minimum Gasteiger partial charge on any atom is -0.340 e. The fourth-order valence-corrected chi connectivity index (χ4v) is 3.57. The van der Waals surface area contributed by atoms with Crippen molar-refractivity contribution in [1.82, 2.24) is 9.62 Å². The second kappa shape index (κ2) is 8.45. The van der Waals surface area contributed by atoms with Gasteiger partial charge in [-0.2, -0.15) is 0 Å². The van der Waals surface area contributed by atoms with Gasteiger partial charge in [0.05, 0.1) is 6.26 Å². The number of nitrogens with zero attached hydrogens (tertiary/aromatic N) is 1. The summed E-state index contributed by atoms with van der Waals surface area (Å²) in [5.74, 6) is 0.179. The van der Waals surface area contributed by atoms with Gasteiger partial charge >= 0.3 is 0 Å². The number of rotatable bonds is 7. The molecule has 0 bridgehead atoms. The molecule has 23 heavy (non-hydrogen) atoms. The highest BCUT2D eigenvalue weighted by Crippen LogP contribution is 2.21. The summed E-state index contributed by atoms with van der Waals surface area (Å²) in [5, 5.41) is 0. The van der Waals surface area contributed by atoms with Gasteiger partial charge in [-0.25, -0.2) is 13.1 Å². The fraction of sp³-hybridized carbons (Fsp3) is 0.588. The zero-order chi connectivity index (χ0) is 16.7. The zero-order valence-electron chi connectivity index (χ0n) is 13.7. The Bertz CT molecular complexity index is 602. The third-order valence-electron chi connectivity index (χ3n) is 4.26. The lowest BCUT2D eigenvalue weighted by Gasteiger charge is -2.36. The van der Waals surface area contributed by atoms with Gasteiger partial charge in [-0.3, -0.25) is 4.79 Å². The molecule has 1 N–H and O–H groups in total. The van der Waals surface area contributed by atoms with Crippen LogP contribution in [0.3, 0.4) is 0 Å². The standard InChI is InChI=1S/C17H26N2O3S/c1-23(21,22)18-13-12-16-9-5-6-14-19(16)17(20)11-10-15-7-3-2-4-8-15/h2-4,7-8,16,18H,5-6,9-14H2,1H3. The van der Waals surface area contributed by atoms with E-state index >= 15 is 0 Å². The molecular formula is C17H26N2O3S. The Hall–Kier alpha value is -1.40. The van der Waals surface area contributed by atoms with Crippen molar-refractivity contribution < 1.29 is 13.2 Å². The summed E-state index contributed by atoms with van der Waals surface area (Å²) in [7, 11) is -3.16. The van der Waals surface area contributed by atoms with Crippen molar-refractivity contribution in [2.75, 3.05) is 19.3 Å². The highest BCUT2D eigenvalue weighted by Gasteiger charge is 2.26. The van der Waals surface area contributed by atoms with Crippen LogP contribution in [-0.4, -0.2) is 44.6 Å². The average molecular weight is 338 g/mol. The molecule has 2 rings (SSSR count). The van der Waals surface area contributed by atoms with Crippen molar-refractivity contribution in [1.29, 1.82) is 0 Å². The molecule has 0 spiro atoms. The molecule has 1 aromatic rings. The van der Waals surface area contributed by atoms with E-state index in [0.717, 1.165) is 38.5 Å². The van der Waals surface area contributed by atoms with Crippen LogP contribution >= 0.6 is 0 Å². The Kier molecular flexibility index (Phi) is 6.59. The number of amides is 1. The van der Waals surface area contributed by atoms with E-state index in [-0.39, 0.29) is 11.9 Å². The molecule has 1 aliphatic rings. The van der Waals surface area contributed by atoms with Crippen LogP contribution in [0.2, 0.25) is 0 Å². The summed E-state index contributed by atoms with van der Waals surface area (Å²) < 4.78 is 24.8. The number of piperidine rings is 1. The Labute approximate surface area is 139 Å². The number of nitrogens with one attached hydrogen (secondary N) is 1. The number of benzene rings is 1.